The normalized spacial score (nSPS) is 13.1. The molecule has 2 heterocycles. The summed E-state index contributed by atoms with van der Waals surface area (Å²) in [5, 5.41) is 2.88. The highest BCUT2D eigenvalue weighted by atomic mass is 35.5. The Labute approximate surface area is 141 Å². The molecular weight excluding hydrogens is 314 g/mol. The van der Waals surface area contributed by atoms with Crippen molar-refractivity contribution in [2.24, 2.45) is 0 Å². The number of nitrogens with one attached hydrogen (secondary N) is 1. The van der Waals surface area contributed by atoms with Crippen molar-refractivity contribution in [3.8, 4) is 0 Å². The van der Waals surface area contributed by atoms with Crippen LogP contribution in [0, 0.1) is 0 Å². The summed E-state index contributed by atoms with van der Waals surface area (Å²) in [5.74, 6) is 0.00301. The number of halogens is 1. The minimum absolute atomic E-state index is 0. The van der Waals surface area contributed by atoms with Crippen molar-refractivity contribution < 1.29 is 9.59 Å². The minimum Gasteiger partial charge on any atom is -0.348 e. The Bertz CT molecular complexity index is 719. The fourth-order valence-electron chi connectivity index (χ4n) is 2.60. The van der Waals surface area contributed by atoms with Crippen molar-refractivity contribution >= 4 is 29.9 Å². The molecule has 1 aliphatic heterocycles. The van der Waals surface area contributed by atoms with E-state index >= 15 is 0 Å². The number of hydrogen-bond donors (Lipinski definition) is 1. The number of anilines is 1. The van der Waals surface area contributed by atoms with Gasteiger partial charge in [0.1, 0.15) is 0 Å². The third-order valence-corrected chi connectivity index (χ3v) is 3.86. The van der Waals surface area contributed by atoms with Crippen molar-refractivity contribution in [3.63, 3.8) is 0 Å². The highest BCUT2D eigenvalue weighted by Gasteiger charge is 2.20. The molecule has 6 heteroatoms. The van der Waals surface area contributed by atoms with E-state index in [4.69, 9.17) is 0 Å². The third-order valence-electron chi connectivity index (χ3n) is 3.86. The van der Waals surface area contributed by atoms with Crippen molar-refractivity contribution in [2.45, 2.75) is 19.4 Å². The first kappa shape index (κ1) is 17.0. The third kappa shape index (κ3) is 3.68. The predicted molar refractivity (Wildman–Crippen MR) is 90.8 cm³/mol. The van der Waals surface area contributed by atoms with Gasteiger partial charge < -0.3 is 10.2 Å². The van der Waals surface area contributed by atoms with Crippen LogP contribution >= 0.6 is 12.4 Å². The maximum atomic E-state index is 12.0. The molecule has 0 saturated heterocycles. The standard InChI is InChI=1S/C17H17N3O2.ClH/c1-20-15-6-4-12(9-13(15)5-7-16(20)21)10-19-17(22)14-3-2-8-18-11-14;/h2-4,6,8-9,11H,5,7,10H2,1H3,(H,19,22);1H. The second-order valence-electron chi connectivity index (χ2n) is 5.34. The van der Waals surface area contributed by atoms with Gasteiger partial charge in [0.2, 0.25) is 5.91 Å². The molecule has 120 valence electrons. The Morgan fingerprint density at radius 1 is 1.30 bits per heavy atom. The Hall–Kier alpha value is -2.40. The summed E-state index contributed by atoms with van der Waals surface area (Å²) < 4.78 is 0. The number of carbonyl (C=O) groups is 2. The van der Waals surface area contributed by atoms with Crippen molar-refractivity contribution in [3.05, 3.63) is 59.4 Å². The molecule has 0 radical (unpaired) electrons. The first-order valence-corrected chi connectivity index (χ1v) is 7.22. The van der Waals surface area contributed by atoms with Crippen LogP contribution in [0.5, 0.6) is 0 Å². The summed E-state index contributed by atoms with van der Waals surface area (Å²) >= 11 is 0. The van der Waals surface area contributed by atoms with Crippen molar-refractivity contribution in [2.75, 3.05) is 11.9 Å². The monoisotopic (exact) mass is 331 g/mol. The average molecular weight is 332 g/mol. The molecule has 0 saturated carbocycles. The fourth-order valence-corrected chi connectivity index (χ4v) is 2.60. The van der Waals surface area contributed by atoms with Gasteiger partial charge in [0.05, 0.1) is 5.56 Å². The van der Waals surface area contributed by atoms with Gasteiger partial charge in [0.15, 0.2) is 0 Å². The number of nitrogens with zero attached hydrogens (tertiary/aromatic N) is 2. The van der Waals surface area contributed by atoms with E-state index in [1.807, 2.05) is 12.1 Å². The van der Waals surface area contributed by atoms with E-state index in [0.717, 1.165) is 23.2 Å². The van der Waals surface area contributed by atoms with Crippen LogP contribution in [-0.2, 0) is 17.8 Å². The first-order valence-electron chi connectivity index (χ1n) is 7.22. The average Bonchev–Trinajstić information content (AvgIpc) is 2.57. The second-order valence-corrected chi connectivity index (χ2v) is 5.34. The summed E-state index contributed by atoms with van der Waals surface area (Å²) in [4.78, 5) is 29.3. The molecule has 0 aliphatic carbocycles. The Kier molecular flexibility index (Phi) is 5.34. The summed E-state index contributed by atoms with van der Waals surface area (Å²) in [6.45, 7) is 0.457. The zero-order valence-electron chi connectivity index (χ0n) is 12.8. The van der Waals surface area contributed by atoms with Gasteiger partial charge in [-0.25, -0.2) is 0 Å². The number of amides is 2. The van der Waals surface area contributed by atoms with Crippen molar-refractivity contribution in [1.29, 1.82) is 0 Å². The molecule has 3 rings (SSSR count). The molecule has 5 nitrogen and oxygen atoms in total. The largest absolute Gasteiger partial charge is 0.348 e. The lowest BCUT2D eigenvalue weighted by molar-refractivity contribution is -0.118. The molecule has 0 atom stereocenters. The minimum atomic E-state index is -0.141. The van der Waals surface area contributed by atoms with Crippen LogP contribution in [0.2, 0.25) is 0 Å². The lowest BCUT2D eigenvalue weighted by Gasteiger charge is -2.26. The Morgan fingerprint density at radius 2 is 2.13 bits per heavy atom. The molecule has 1 aromatic heterocycles. The number of pyridine rings is 1. The summed E-state index contributed by atoms with van der Waals surface area (Å²) in [5.41, 5.74) is 3.68. The Morgan fingerprint density at radius 3 is 2.87 bits per heavy atom. The quantitative estimate of drug-likeness (QED) is 0.939. The van der Waals surface area contributed by atoms with E-state index < -0.39 is 0 Å². The van der Waals surface area contributed by atoms with Crippen LogP contribution in [0.3, 0.4) is 0 Å². The maximum Gasteiger partial charge on any atom is 0.253 e. The van der Waals surface area contributed by atoms with Crippen LogP contribution in [0.4, 0.5) is 5.69 Å². The van der Waals surface area contributed by atoms with Crippen LogP contribution in [0.25, 0.3) is 0 Å². The van der Waals surface area contributed by atoms with Gasteiger partial charge in [-0.15, -0.1) is 12.4 Å². The predicted octanol–water partition coefficient (Wildman–Crippen LogP) is 2.34. The molecule has 2 amide bonds. The zero-order chi connectivity index (χ0) is 15.5. The van der Waals surface area contributed by atoms with E-state index in [-0.39, 0.29) is 24.2 Å². The highest BCUT2D eigenvalue weighted by Crippen LogP contribution is 2.27. The maximum absolute atomic E-state index is 12.0. The number of aryl methyl sites for hydroxylation is 1. The number of hydrogen-bond acceptors (Lipinski definition) is 3. The summed E-state index contributed by atoms with van der Waals surface area (Å²) in [7, 11) is 1.80. The first-order chi connectivity index (χ1) is 10.6. The molecule has 0 fully saturated rings. The van der Waals surface area contributed by atoms with Gasteiger partial charge >= 0.3 is 0 Å². The molecule has 0 unspecified atom stereocenters. The lowest BCUT2D eigenvalue weighted by atomic mass is 9.99. The molecule has 23 heavy (non-hydrogen) atoms. The van der Waals surface area contributed by atoms with Gasteiger partial charge in [-0.3, -0.25) is 14.6 Å². The lowest BCUT2D eigenvalue weighted by Crippen LogP contribution is -2.31. The topological polar surface area (TPSA) is 62.3 Å². The van der Waals surface area contributed by atoms with Crippen LogP contribution in [-0.4, -0.2) is 23.8 Å². The van der Waals surface area contributed by atoms with E-state index in [1.165, 1.54) is 0 Å². The molecule has 1 aliphatic rings. The number of rotatable bonds is 3. The zero-order valence-corrected chi connectivity index (χ0v) is 13.6. The summed E-state index contributed by atoms with van der Waals surface area (Å²) in [6.07, 6.45) is 4.47. The summed E-state index contributed by atoms with van der Waals surface area (Å²) in [6, 6.07) is 9.41. The van der Waals surface area contributed by atoms with E-state index in [0.29, 0.717) is 18.5 Å². The number of benzene rings is 1. The van der Waals surface area contributed by atoms with E-state index in [2.05, 4.69) is 16.4 Å². The number of carbonyl (C=O) groups excluding carboxylic acids is 2. The van der Waals surface area contributed by atoms with Gasteiger partial charge in [-0.2, -0.15) is 0 Å². The van der Waals surface area contributed by atoms with Gasteiger partial charge in [-0.1, -0.05) is 12.1 Å². The molecular formula is C17H18ClN3O2. The smallest absolute Gasteiger partial charge is 0.253 e. The van der Waals surface area contributed by atoms with Gasteiger partial charge in [0, 0.05) is 38.1 Å². The van der Waals surface area contributed by atoms with Crippen LogP contribution < -0.4 is 10.2 Å². The van der Waals surface area contributed by atoms with Gasteiger partial charge in [-0.05, 0) is 35.7 Å². The number of fused-ring (bicyclic) bond motifs is 1. The second kappa shape index (κ2) is 7.24. The van der Waals surface area contributed by atoms with Crippen LogP contribution in [0.15, 0.2) is 42.7 Å². The molecule has 0 spiro atoms. The highest BCUT2D eigenvalue weighted by molar-refractivity contribution is 5.96. The van der Waals surface area contributed by atoms with E-state index in [9.17, 15) is 9.59 Å². The van der Waals surface area contributed by atoms with Gasteiger partial charge in [0.25, 0.3) is 5.91 Å². The molecule has 1 aromatic carbocycles. The fraction of sp³-hybridized carbons (Fsp3) is 0.235. The SMILES string of the molecule is CN1C(=O)CCc2cc(CNC(=O)c3cccnc3)ccc21.Cl. The van der Waals surface area contributed by atoms with E-state index in [1.54, 1.807) is 36.5 Å². The molecule has 0 bridgehead atoms. The molecule has 2 aromatic rings. The van der Waals surface area contributed by atoms with Crippen molar-refractivity contribution in [1.82, 2.24) is 10.3 Å². The number of aromatic nitrogens is 1. The molecule has 1 N–H and O–H groups in total. The van der Waals surface area contributed by atoms with Crippen LogP contribution in [0.1, 0.15) is 27.9 Å². The Balaban J connectivity index is 0.00000192.